The van der Waals surface area contributed by atoms with E-state index in [1.54, 1.807) is 25.3 Å². The number of rotatable bonds is 4. The van der Waals surface area contributed by atoms with E-state index < -0.39 is 21.5 Å². The van der Waals surface area contributed by atoms with Crippen molar-refractivity contribution in [2.45, 2.75) is 62.2 Å². The van der Waals surface area contributed by atoms with Crippen molar-refractivity contribution in [3.8, 4) is 0 Å². The lowest BCUT2D eigenvalue weighted by atomic mass is 10.0. The lowest BCUT2D eigenvalue weighted by molar-refractivity contribution is 0.0789. The minimum absolute atomic E-state index is 0.261. The van der Waals surface area contributed by atoms with Crippen molar-refractivity contribution in [1.29, 1.82) is 0 Å². The zero-order valence-corrected chi connectivity index (χ0v) is 18.4. The highest BCUT2D eigenvalue weighted by molar-refractivity contribution is 7.93. The van der Waals surface area contributed by atoms with E-state index >= 15 is 0 Å². The zero-order chi connectivity index (χ0) is 21.0. The van der Waals surface area contributed by atoms with Crippen molar-refractivity contribution in [1.82, 2.24) is 4.98 Å². The fourth-order valence-corrected chi connectivity index (χ4v) is 5.98. The second-order valence-electron chi connectivity index (χ2n) is 8.50. The summed E-state index contributed by atoms with van der Waals surface area (Å²) in [6.45, 7) is 5.45. The zero-order valence-electron chi connectivity index (χ0n) is 16.8. The van der Waals surface area contributed by atoms with E-state index in [-0.39, 0.29) is 4.21 Å². The smallest absolute Gasteiger partial charge is 0.354 e. The Balaban J connectivity index is 1.60. The molecule has 0 spiro atoms. The van der Waals surface area contributed by atoms with E-state index in [0.29, 0.717) is 23.1 Å². The van der Waals surface area contributed by atoms with Gasteiger partial charge in [0, 0.05) is 23.0 Å². The van der Waals surface area contributed by atoms with Gasteiger partial charge in [-0.2, -0.15) is 0 Å². The van der Waals surface area contributed by atoms with Crippen LogP contribution in [0.15, 0.2) is 26.1 Å². The summed E-state index contributed by atoms with van der Waals surface area (Å²) >= 11 is 1.12. The van der Waals surface area contributed by atoms with E-state index in [1.165, 1.54) is 0 Å². The molecule has 2 aromatic rings. The Bertz CT molecular complexity index is 1090. The third kappa shape index (κ3) is 4.23. The van der Waals surface area contributed by atoms with Gasteiger partial charge < -0.3 is 10.4 Å². The molecule has 7 nitrogen and oxygen atoms in total. The first-order chi connectivity index (χ1) is 13.5. The Labute approximate surface area is 175 Å². The number of urea groups is 1. The molecule has 29 heavy (non-hydrogen) atoms. The van der Waals surface area contributed by atoms with Crippen LogP contribution >= 0.6 is 11.3 Å². The van der Waals surface area contributed by atoms with Crippen molar-refractivity contribution in [3.05, 3.63) is 40.0 Å². The average Bonchev–Trinajstić information content (AvgIpc) is 3.05. The molecule has 2 aromatic heterocycles. The molecule has 9 heteroatoms. The van der Waals surface area contributed by atoms with Crippen LogP contribution in [0, 0.1) is 5.92 Å². The van der Waals surface area contributed by atoms with Gasteiger partial charge in [-0.1, -0.05) is 6.92 Å². The number of hydrogen-bond donors (Lipinski definition) is 3. The summed E-state index contributed by atoms with van der Waals surface area (Å²) < 4.78 is 16.9. The quantitative estimate of drug-likeness (QED) is 0.676. The molecule has 156 valence electrons. The Kier molecular flexibility index (Phi) is 5.05. The minimum Gasteiger partial charge on any atom is -0.386 e. The van der Waals surface area contributed by atoms with E-state index in [4.69, 9.17) is 10.1 Å². The highest BCUT2D eigenvalue weighted by Gasteiger charge is 2.36. The molecule has 4 rings (SSSR count). The number of aromatic nitrogens is 1. The van der Waals surface area contributed by atoms with Crippen LogP contribution in [-0.2, 0) is 28.4 Å². The first-order valence-electron chi connectivity index (χ1n) is 9.74. The molecule has 0 aromatic carbocycles. The molecular weight excluding hydrogens is 408 g/mol. The van der Waals surface area contributed by atoms with Gasteiger partial charge in [0.05, 0.1) is 5.60 Å². The Morgan fingerprint density at radius 3 is 2.76 bits per heavy atom. The molecule has 3 unspecified atom stereocenters. The molecule has 1 saturated carbocycles. The van der Waals surface area contributed by atoms with Crippen LogP contribution < -0.4 is 10.5 Å². The average molecular weight is 435 g/mol. The number of nitrogens with zero attached hydrogens (tertiary/aromatic N) is 2. The number of carbonyl (C=O) groups is 1. The number of aryl methyl sites for hydroxylation is 1. The first-order valence-corrected chi connectivity index (χ1v) is 12.2. The predicted octanol–water partition coefficient (Wildman–Crippen LogP) is 3.92. The molecule has 0 radical (unpaired) electrons. The molecule has 0 bridgehead atoms. The van der Waals surface area contributed by atoms with Gasteiger partial charge in [-0.3, -0.25) is 4.98 Å². The molecule has 2 amide bonds. The van der Waals surface area contributed by atoms with Crippen molar-refractivity contribution in [2.75, 3.05) is 5.32 Å². The van der Waals surface area contributed by atoms with Gasteiger partial charge in [0.25, 0.3) is 0 Å². The molecule has 4 N–H and O–H groups in total. The Morgan fingerprint density at radius 1 is 1.41 bits per heavy atom. The molecule has 2 aliphatic rings. The molecular formula is C20H26N4O3S2. The summed E-state index contributed by atoms with van der Waals surface area (Å²) in [5.41, 5.74) is 3.29. The Hall–Kier alpha value is -1.81. The van der Waals surface area contributed by atoms with Crippen LogP contribution in [0.1, 0.15) is 62.0 Å². The number of anilines is 1. The van der Waals surface area contributed by atoms with Gasteiger partial charge >= 0.3 is 6.03 Å². The lowest BCUT2D eigenvalue weighted by Gasteiger charge is -2.14. The number of nitrogens with two attached hydrogens (primary N) is 1. The molecule has 0 saturated heterocycles. The molecule has 2 aliphatic carbocycles. The van der Waals surface area contributed by atoms with Crippen LogP contribution in [0.2, 0.25) is 0 Å². The highest BCUT2D eigenvalue weighted by Crippen LogP contribution is 2.47. The summed E-state index contributed by atoms with van der Waals surface area (Å²) in [6.07, 6.45) is 3.89. The number of fused-ring (bicyclic) bond motifs is 1. The molecule has 0 aliphatic heterocycles. The number of carbonyl (C=O) groups excluding carboxylic acids is 1. The van der Waals surface area contributed by atoms with Crippen LogP contribution in [0.25, 0.3) is 0 Å². The largest absolute Gasteiger partial charge is 0.386 e. The maximum absolute atomic E-state index is 12.9. The maximum Gasteiger partial charge on any atom is 0.354 e. The SMILES string of the molecule is CC1CC1c1cc(NC(=O)N=S(N)(=O)c2cc(C(C)(C)O)cs2)c2c(n1)CCC2. The predicted molar refractivity (Wildman–Crippen MR) is 114 cm³/mol. The third-order valence-electron chi connectivity index (χ3n) is 5.59. The van der Waals surface area contributed by atoms with Gasteiger partial charge in [-0.15, -0.1) is 15.7 Å². The van der Waals surface area contributed by atoms with Crippen molar-refractivity contribution < 1.29 is 14.1 Å². The highest BCUT2D eigenvalue weighted by atomic mass is 32.2. The molecule has 3 atom stereocenters. The van der Waals surface area contributed by atoms with Crippen LogP contribution in [0.3, 0.4) is 0 Å². The summed E-state index contributed by atoms with van der Waals surface area (Å²) in [5.74, 6) is 1.06. The molecule has 1 fully saturated rings. The summed E-state index contributed by atoms with van der Waals surface area (Å²) in [6, 6.07) is 2.74. The summed E-state index contributed by atoms with van der Waals surface area (Å²) in [5, 5.41) is 20.4. The minimum atomic E-state index is -3.40. The number of hydrogen-bond acceptors (Lipinski definition) is 5. The Morgan fingerprint density at radius 2 is 2.14 bits per heavy atom. The van der Waals surface area contributed by atoms with Gasteiger partial charge in [0.15, 0.2) is 9.92 Å². The van der Waals surface area contributed by atoms with E-state index in [9.17, 15) is 14.1 Å². The standard InChI is InChI=1S/C20H26N4O3S2/c1-11-7-14(11)17-9-16(13-5-4-6-15(13)22-17)23-19(25)24-29(21,27)18-8-12(10-28-18)20(2,3)26/h8-11,14,26H,4-7H2,1-3H3,(H3,21,22,23,24,25,27). The number of pyridine rings is 1. The van der Waals surface area contributed by atoms with Crippen LogP contribution in [0.4, 0.5) is 10.5 Å². The lowest BCUT2D eigenvalue weighted by Crippen LogP contribution is -2.18. The molecule has 2 heterocycles. The number of thiophene rings is 1. The van der Waals surface area contributed by atoms with E-state index in [0.717, 1.165) is 54.0 Å². The van der Waals surface area contributed by atoms with Crippen molar-refractivity contribution >= 4 is 33.0 Å². The van der Waals surface area contributed by atoms with Crippen molar-refractivity contribution in [3.63, 3.8) is 0 Å². The van der Waals surface area contributed by atoms with Gasteiger partial charge in [-0.25, -0.2) is 14.1 Å². The topological polar surface area (TPSA) is 118 Å². The second kappa shape index (κ2) is 7.16. The monoisotopic (exact) mass is 434 g/mol. The van der Waals surface area contributed by atoms with Gasteiger partial charge in [0.2, 0.25) is 0 Å². The number of aliphatic hydroxyl groups is 1. The van der Waals surface area contributed by atoms with Gasteiger partial charge in [0.1, 0.15) is 4.21 Å². The fourth-order valence-electron chi connectivity index (χ4n) is 3.70. The van der Waals surface area contributed by atoms with Crippen LogP contribution in [-0.4, -0.2) is 20.3 Å². The number of nitrogens with one attached hydrogen (secondary N) is 1. The van der Waals surface area contributed by atoms with E-state index in [2.05, 4.69) is 16.6 Å². The summed E-state index contributed by atoms with van der Waals surface area (Å²) in [7, 11) is -3.40. The maximum atomic E-state index is 12.9. The van der Waals surface area contributed by atoms with Crippen molar-refractivity contribution in [2.24, 2.45) is 15.4 Å². The second-order valence-corrected chi connectivity index (χ2v) is 11.4. The third-order valence-corrected chi connectivity index (χ3v) is 8.45. The van der Waals surface area contributed by atoms with E-state index in [1.807, 2.05) is 6.07 Å². The normalized spacial score (nSPS) is 22.7. The first kappa shape index (κ1) is 20.5. The summed E-state index contributed by atoms with van der Waals surface area (Å²) in [4.78, 5) is 17.4. The number of amides is 2. The van der Waals surface area contributed by atoms with Crippen LogP contribution in [0.5, 0.6) is 0 Å². The van der Waals surface area contributed by atoms with Gasteiger partial charge in [-0.05, 0) is 74.1 Å². The fraction of sp³-hybridized carbons (Fsp3) is 0.500.